The van der Waals surface area contributed by atoms with Gasteiger partial charge in [-0.15, -0.1) is 47.3 Å². The molecule has 5 N–H and O–H groups in total. The van der Waals surface area contributed by atoms with E-state index in [-0.39, 0.29) is 26.9 Å². The third-order valence-corrected chi connectivity index (χ3v) is 12.5. The highest BCUT2D eigenvalue weighted by Crippen LogP contribution is 2.37. The van der Waals surface area contributed by atoms with Crippen molar-refractivity contribution in [2.75, 3.05) is 10.6 Å². The van der Waals surface area contributed by atoms with Crippen LogP contribution >= 0.6 is 70.5 Å². The molecular weight excluding hydrogens is 1040 g/mol. The monoisotopic (exact) mass is 1090 g/mol. The van der Waals surface area contributed by atoms with E-state index in [1.165, 1.54) is 22.3 Å². The molecule has 3 aromatic carbocycles. The Morgan fingerprint density at radius 1 is 0.750 bits per heavy atom. The van der Waals surface area contributed by atoms with Gasteiger partial charge in [-0.25, -0.2) is 24.7 Å². The molecular formula is C48H52BBr3Cl2N8O2. The van der Waals surface area contributed by atoms with Crippen LogP contribution in [0.5, 0.6) is 0 Å². The number of nitrogens with zero attached hydrogens (tertiary/aromatic N) is 4. The number of allylic oxidation sites excluding steroid dienone is 2. The number of hydrogen-bond donors (Lipinski definition) is 4. The Kier molecular flexibility index (Phi) is 16.7. The number of carbonyl (C=O) groups is 1. The van der Waals surface area contributed by atoms with Crippen LogP contribution in [-0.4, -0.2) is 52.4 Å². The highest BCUT2D eigenvalue weighted by molar-refractivity contribution is 9.69. The van der Waals surface area contributed by atoms with Gasteiger partial charge in [0.05, 0.1) is 33.8 Å². The van der Waals surface area contributed by atoms with Gasteiger partial charge in [0, 0.05) is 34.3 Å². The van der Waals surface area contributed by atoms with Crippen LogP contribution in [0.15, 0.2) is 103 Å². The first kappa shape index (κ1) is 48.2. The molecule has 2 fully saturated rings. The maximum absolute atomic E-state index is 12.5. The molecule has 0 spiro atoms. The number of ether oxygens (including phenoxy) is 1. The van der Waals surface area contributed by atoms with Crippen molar-refractivity contribution in [3.05, 3.63) is 153 Å². The van der Waals surface area contributed by atoms with Gasteiger partial charge in [-0.3, -0.25) is 0 Å². The summed E-state index contributed by atoms with van der Waals surface area (Å²) < 4.78 is 5.72. The summed E-state index contributed by atoms with van der Waals surface area (Å²) >= 11 is 22.2. The Bertz CT molecular complexity index is 2480. The van der Waals surface area contributed by atoms with E-state index < -0.39 is 6.09 Å². The maximum atomic E-state index is 12.5. The number of nitrogens with one attached hydrogen (secondary N) is 3. The van der Waals surface area contributed by atoms with Crippen molar-refractivity contribution in [1.29, 1.82) is 0 Å². The summed E-state index contributed by atoms with van der Waals surface area (Å²) in [5.74, 6) is 1.18. The van der Waals surface area contributed by atoms with Crippen LogP contribution in [-0.2, 0) is 24.2 Å². The number of benzene rings is 3. The number of hydrogen-bond acceptors (Lipinski definition) is 9. The first-order valence-corrected chi connectivity index (χ1v) is 25.1. The summed E-state index contributed by atoms with van der Waals surface area (Å²) in [6.07, 6.45) is 16.9. The molecule has 2 saturated carbocycles. The van der Waals surface area contributed by atoms with E-state index in [1.807, 2.05) is 36.4 Å². The molecule has 2 heterocycles. The lowest BCUT2D eigenvalue weighted by atomic mass is 9.80. The molecule has 0 aliphatic heterocycles. The third kappa shape index (κ3) is 13.2. The maximum Gasteiger partial charge on any atom is 0.407 e. The second-order valence-corrected chi connectivity index (χ2v) is 24.5. The van der Waals surface area contributed by atoms with Crippen LogP contribution in [0.3, 0.4) is 0 Å². The number of alkyl carbamates (subject to hydrolysis) is 1. The zero-order valence-electron chi connectivity index (χ0n) is 35.9. The van der Waals surface area contributed by atoms with Crippen molar-refractivity contribution in [2.45, 2.75) is 108 Å². The minimum absolute atomic E-state index is 0.113. The lowest BCUT2D eigenvalue weighted by Crippen LogP contribution is -2.51. The van der Waals surface area contributed by atoms with E-state index in [1.54, 1.807) is 12.4 Å². The largest absolute Gasteiger partial charge is 0.445 e. The highest BCUT2D eigenvalue weighted by atomic mass is 79.9. The van der Waals surface area contributed by atoms with Gasteiger partial charge in [0.1, 0.15) is 6.61 Å². The van der Waals surface area contributed by atoms with Crippen LogP contribution in [0.25, 0.3) is 11.1 Å². The fraction of sp³-hybridized carbons (Fsp3) is 0.354. The zero-order chi connectivity index (χ0) is 45.3. The van der Waals surface area contributed by atoms with Gasteiger partial charge in [0.25, 0.3) is 0 Å². The van der Waals surface area contributed by atoms with E-state index in [2.05, 4.69) is 142 Å². The Labute approximate surface area is 411 Å². The summed E-state index contributed by atoms with van der Waals surface area (Å²) in [5, 5.41) is 11.2. The third-order valence-electron chi connectivity index (χ3n) is 11.9. The predicted molar refractivity (Wildman–Crippen MR) is 274 cm³/mol. The topological polar surface area (TPSA) is 140 Å². The molecule has 4 aliphatic rings. The van der Waals surface area contributed by atoms with Crippen molar-refractivity contribution in [1.82, 2.24) is 25.3 Å². The molecule has 0 saturated heterocycles. The molecule has 1 amide bonds. The van der Waals surface area contributed by atoms with Crippen molar-refractivity contribution >= 4 is 103 Å². The molecule has 2 aromatic heterocycles. The van der Waals surface area contributed by atoms with E-state index in [0.717, 1.165) is 92.3 Å². The minimum atomic E-state index is -0.395. The van der Waals surface area contributed by atoms with Gasteiger partial charge < -0.3 is 26.4 Å². The molecule has 10 nitrogen and oxygen atoms in total. The van der Waals surface area contributed by atoms with Crippen LogP contribution in [0.1, 0.15) is 104 Å². The average Bonchev–Trinajstić information content (AvgIpc) is 3.89. The second-order valence-electron chi connectivity index (χ2n) is 17.3. The first-order valence-electron chi connectivity index (χ1n) is 21.6. The number of anilines is 2. The van der Waals surface area contributed by atoms with E-state index >= 15 is 0 Å². The molecule has 9 rings (SSSR count). The molecule has 4 aliphatic carbocycles. The molecule has 0 bridgehead atoms. The number of carbonyl (C=O) groups excluding carboxylic acids is 1. The lowest BCUT2D eigenvalue weighted by molar-refractivity contribution is 0.120. The van der Waals surface area contributed by atoms with Crippen molar-refractivity contribution in [2.24, 2.45) is 5.73 Å². The Morgan fingerprint density at radius 3 is 1.77 bits per heavy atom. The van der Waals surface area contributed by atoms with Gasteiger partial charge in [-0.1, -0.05) is 114 Å². The van der Waals surface area contributed by atoms with E-state index in [9.17, 15) is 4.79 Å². The van der Waals surface area contributed by atoms with Crippen molar-refractivity contribution < 1.29 is 9.53 Å². The number of aromatic nitrogens is 4. The van der Waals surface area contributed by atoms with Crippen LogP contribution < -0.4 is 21.7 Å². The number of amides is 1. The summed E-state index contributed by atoms with van der Waals surface area (Å²) in [5.41, 5.74) is 15.5. The normalized spacial score (nSPS) is 21.9. The molecule has 334 valence electrons. The van der Waals surface area contributed by atoms with Gasteiger partial charge in [-0.05, 0) is 106 Å². The minimum Gasteiger partial charge on any atom is -0.445 e. The van der Waals surface area contributed by atoms with Crippen LogP contribution in [0.2, 0.25) is 10.0 Å². The quantitative estimate of drug-likeness (QED) is 0.106. The first-order chi connectivity index (χ1) is 30.7. The van der Waals surface area contributed by atoms with Gasteiger partial charge in [-0.2, -0.15) is 0 Å². The van der Waals surface area contributed by atoms with E-state index in [4.69, 9.17) is 43.6 Å². The van der Waals surface area contributed by atoms with Gasteiger partial charge in [0.15, 0.2) is 0 Å². The molecule has 0 radical (unpaired) electrons. The van der Waals surface area contributed by atoms with Gasteiger partial charge in [0.2, 0.25) is 11.9 Å². The number of halogens is 5. The molecule has 4 unspecified atom stereocenters. The van der Waals surface area contributed by atoms with Gasteiger partial charge >= 0.3 is 9.28 Å². The van der Waals surface area contributed by atoms with Crippen LogP contribution in [0.4, 0.5) is 16.7 Å². The number of fused-ring (bicyclic) bond motifs is 2. The number of rotatable bonds is 9. The lowest BCUT2D eigenvalue weighted by Gasteiger charge is -2.38. The molecule has 4 atom stereocenters. The molecule has 64 heavy (non-hydrogen) atoms. The Morgan fingerprint density at radius 2 is 1.23 bits per heavy atom. The summed E-state index contributed by atoms with van der Waals surface area (Å²) in [7, 11) is 0. The highest BCUT2D eigenvalue weighted by Gasteiger charge is 2.35. The SMILES string of the molecule is BrB(Br)Br.CC1(N)CCCC(Nc2ncc(Cl)c(C3=CCc4ccccc43)n2)C1.CC1(NC(=O)OCc2ccccc2)CCCC(Nc2ncc(Cl)c(C3=CCc4ccccc43)n2)C1. The second kappa shape index (κ2) is 22.1. The fourth-order valence-electron chi connectivity index (χ4n) is 9.00. The van der Waals surface area contributed by atoms with Crippen LogP contribution in [0, 0.1) is 0 Å². The summed E-state index contributed by atoms with van der Waals surface area (Å²) in [6, 6.07) is 26.8. The fourth-order valence-corrected chi connectivity index (χ4v) is 9.39. The zero-order valence-corrected chi connectivity index (χ0v) is 42.2. The Balaban J connectivity index is 0.000000185. The predicted octanol–water partition coefficient (Wildman–Crippen LogP) is 12.5. The number of nitrogens with two attached hydrogens (primary N) is 1. The molecule has 5 aromatic rings. The smallest absolute Gasteiger partial charge is 0.407 e. The van der Waals surface area contributed by atoms with Crippen molar-refractivity contribution in [3.8, 4) is 0 Å². The average molecular weight is 1090 g/mol. The summed E-state index contributed by atoms with van der Waals surface area (Å²) in [4.78, 5) is 30.8. The standard InChI is InChI=1S/C28H29ClN4O2.C20H23ClN4.BBr3/c1-28(33-27(34)35-18-19-8-3-2-4-9-19)15-7-11-21(16-28)31-26-30-17-24(29)25(32-26)23-14-13-20-10-5-6-12-22(20)23;1-20(22)10-4-6-14(11-20)24-19-23-12-17(21)18(25-19)16-9-8-13-5-2-3-7-15(13)16;2-1(3)4/h2-6,8-10,12,14,17,21H,7,11,13,15-16,18H2,1H3,(H,33,34)(H,30,31,32);2-3,5,7,9,12,14H,4,6,8,10-11,22H2,1H3,(H,23,24,25);. The Hall–Kier alpha value is -3.79. The van der Waals surface area contributed by atoms with Crippen molar-refractivity contribution in [3.63, 3.8) is 0 Å². The summed E-state index contributed by atoms with van der Waals surface area (Å²) in [6.45, 7) is 4.44. The molecule has 16 heteroatoms. The van der Waals surface area contributed by atoms with E-state index in [0.29, 0.717) is 28.0 Å².